The lowest BCUT2D eigenvalue weighted by atomic mass is 9.80. The molecule has 1 aromatic carbocycles. The van der Waals surface area contributed by atoms with Gasteiger partial charge in [-0.3, -0.25) is 0 Å². The quantitative estimate of drug-likeness (QED) is 0.803. The van der Waals surface area contributed by atoms with Crippen LogP contribution in [0.15, 0.2) is 18.2 Å². The highest BCUT2D eigenvalue weighted by molar-refractivity contribution is 5.36. The molecular formula is C15H23N. The van der Waals surface area contributed by atoms with Gasteiger partial charge in [-0.15, -0.1) is 0 Å². The van der Waals surface area contributed by atoms with Crippen molar-refractivity contribution in [3.8, 4) is 0 Å². The van der Waals surface area contributed by atoms with Crippen LogP contribution in [0.25, 0.3) is 0 Å². The third-order valence-electron chi connectivity index (χ3n) is 3.45. The second-order valence-electron chi connectivity index (χ2n) is 6.14. The Balaban J connectivity index is 2.28. The summed E-state index contributed by atoms with van der Waals surface area (Å²) in [5.74, 6) is 0.851. The van der Waals surface area contributed by atoms with Crippen molar-refractivity contribution in [1.29, 1.82) is 0 Å². The first-order chi connectivity index (χ1) is 7.47. The summed E-state index contributed by atoms with van der Waals surface area (Å²) in [6.45, 7) is 11.5. The fourth-order valence-electron chi connectivity index (χ4n) is 2.37. The second-order valence-corrected chi connectivity index (χ2v) is 6.14. The minimum absolute atomic E-state index is 0.262. The molecule has 1 heterocycles. The topological polar surface area (TPSA) is 12.0 Å². The number of rotatable bonds is 2. The molecule has 0 saturated carbocycles. The molecule has 1 nitrogen and oxygen atoms in total. The fourth-order valence-corrected chi connectivity index (χ4v) is 2.37. The Labute approximate surface area is 99.3 Å². The van der Waals surface area contributed by atoms with Gasteiger partial charge in [0, 0.05) is 0 Å². The molecule has 0 spiro atoms. The third-order valence-corrected chi connectivity index (χ3v) is 3.45. The van der Waals surface area contributed by atoms with Gasteiger partial charge in [0.05, 0.1) is 0 Å². The lowest BCUT2D eigenvalue weighted by Gasteiger charge is -2.30. The van der Waals surface area contributed by atoms with Crippen molar-refractivity contribution in [2.45, 2.75) is 39.5 Å². The first-order valence-electron chi connectivity index (χ1n) is 6.27. The van der Waals surface area contributed by atoms with Crippen molar-refractivity contribution in [3.63, 3.8) is 0 Å². The van der Waals surface area contributed by atoms with Crippen LogP contribution >= 0.6 is 0 Å². The Bertz CT molecular complexity index is 370. The Morgan fingerprint density at radius 2 is 1.94 bits per heavy atom. The van der Waals surface area contributed by atoms with Crippen molar-refractivity contribution in [1.82, 2.24) is 5.32 Å². The van der Waals surface area contributed by atoms with E-state index in [0.29, 0.717) is 0 Å². The monoisotopic (exact) mass is 217 g/mol. The molecule has 1 heteroatoms. The van der Waals surface area contributed by atoms with Crippen molar-refractivity contribution >= 4 is 0 Å². The van der Waals surface area contributed by atoms with Gasteiger partial charge in [-0.2, -0.15) is 0 Å². The van der Waals surface area contributed by atoms with Crippen molar-refractivity contribution < 1.29 is 0 Å². The van der Waals surface area contributed by atoms with Gasteiger partial charge < -0.3 is 5.32 Å². The van der Waals surface area contributed by atoms with Gasteiger partial charge in [-0.1, -0.05) is 44.5 Å². The van der Waals surface area contributed by atoms with E-state index < -0.39 is 0 Å². The SMILES string of the molecule is Cc1ccc(CC2CNC2)c(C(C)(C)C)c1. The van der Waals surface area contributed by atoms with Gasteiger partial charge >= 0.3 is 0 Å². The van der Waals surface area contributed by atoms with E-state index in [0.717, 1.165) is 5.92 Å². The Morgan fingerprint density at radius 1 is 1.25 bits per heavy atom. The number of nitrogens with one attached hydrogen (secondary N) is 1. The molecule has 1 fully saturated rings. The van der Waals surface area contributed by atoms with Crippen LogP contribution in [0.4, 0.5) is 0 Å². The van der Waals surface area contributed by atoms with Crippen molar-refractivity contribution in [2.24, 2.45) is 5.92 Å². The molecule has 2 rings (SSSR count). The van der Waals surface area contributed by atoms with Crippen LogP contribution in [0, 0.1) is 12.8 Å². The minimum Gasteiger partial charge on any atom is -0.316 e. The predicted octanol–water partition coefficient (Wildman–Crippen LogP) is 3.05. The maximum atomic E-state index is 3.35. The zero-order valence-corrected chi connectivity index (χ0v) is 10.9. The summed E-state index contributed by atoms with van der Waals surface area (Å²) in [5, 5.41) is 3.35. The highest BCUT2D eigenvalue weighted by atomic mass is 14.9. The summed E-state index contributed by atoms with van der Waals surface area (Å²) in [6, 6.07) is 6.94. The molecule has 1 N–H and O–H groups in total. The molecule has 88 valence electrons. The maximum Gasteiger partial charge on any atom is -0.000506 e. The molecule has 0 bridgehead atoms. The van der Waals surface area contributed by atoms with Crippen molar-refractivity contribution in [3.05, 3.63) is 34.9 Å². The molecule has 1 aromatic rings. The van der Waals surface area contributed by atoms with E-state index >= 15 is 0 Å². The van der Waals surface area contributed by atoms with E-state index in [1.54, 1.807) is 5.56 Å². The molecule has 0 aliphatic carbocycles. The highest BCUT2D eigenvalue weighted by Crippen LogP contribution is 2.29. The second kappa shape index (κ2) is 4.21. The summed E-state index contributed by atoms with van der Waals surface area (Å²) < 4.78 is 0. The molecule has 1 saturated heterocycles. The van der Waals surface area contributed by atoms with Crippen LogP contribution in [-0.2, 0) is 11.8 Å². The number of hydrogen-bond donors (Lipinski definition) is 1. The summed E-state index contributed by atoms with van der Waals surface area (Å²) in [7, 11) is 0. The lowest BCUT2D eigenvalue weighted by Crippen LogP contribution is -2.43. The van der Waals surface area contributed by atoms with Gasteiger partial charge in [-0.05, 0) is 48.9 Å². The average molecular weight is 217 g/mol. The van der Waals surface area contributed by atoms with Crippen LogP contribution in [0.5, 0.6) is 0 Å². The van der Waals surface area contributed by atoms with Crippen molar-refractivity contribution in [2.75, 3.05) is 13.1 Å². The smallest absolute Gasteiger partial charge is 0.000506 e. The molecule has 1 aliphatic heterocycles. The summed E-state index contributed by atoms with van der Waals surface area (Å²) in [6.07, 6.45) is 1.24. The average Bonchev–Trinajstić information content (AvgIpc) is 2.11. The van der Waals surface area contributed by atoms with E-state index in [1.807, 2.05) is 0 Å². The number of benzene rings is 1. The first kappa shape index (κ1) is 11.7. The maximum absolute atomic E-state index is 3.35. The van der Waals surface area contributed by atoms with E-state index in [1.165, 1.54) is 30.6 Å². The van der Waals surface area contributed by atoms with E-state index in [9.17, 15) is 0 Å². The minimum atomic E-state index is 0.262. The molecule has 0 atom stereocenters. The van der Waals surface area contributed by atoms with Gasteiger partial charge in [0.2, 0.25) is 0 Å². The Morgan fingerprint density at radius 3 is 2.44 bits per heavy atom. The molecule has 0 aromatic heterocycles. The zero-order chi connectivity index (χ0) is 11.8. The first-order valence-corrected chi connectivity index (χ1v) is 6.27. The van der Waals surface area contributed by atoms with Gasteiger partial charge in [0.15, 0.2) is 0 Å². The van der Waals surface area contributed by atoms with Crippen LogP contribution in [0.2, 0.25) is 0 Å². The molecule has 0 amide bonds. The molecule has 1 aliphatic rings. The zero-order valence-electron chi connectivity index (χ0n) is 10.9. The predicted molar refractivity (Wildman–Crippen MR) is 69.9 cm³/mol. The lowest BCUT2D eigenvalue weighted by molar-refractivity contribution is 0.344. The van der Waals surface area contributed by atoms with E-state index in [-0.39, 0.29) is 5.41 Å². The summed E-state index contributed by atoms with van der Waals surface area (Å²) in [5.41, 5.74) is 4.71. The highest BCUT2D eigenvalue weighted by Gasteiger charge is 2.22. The van der Waals surface area contributed by atoms with Gasteiger partial charge in [-0.25, -0.2) is 0 Å². The van der Waals surface area contributed by atoms with Gasteiger partial charge in [0.1, 0.15) is 0 Å². The van der Waals surface area contributed by atoms with Crippen LogP contribution < -0.4 is 5.32 Å². The Hall–Kier alpha value is -0.820. The fraction of sp³-hybridized carbons (Fsp3) is 0.600. The number of aryl methyl sites for hydroxylation is 1. The van der Waals surface area contributed by atoms with E-state index in [4.69, 9.17) is 0 Å². The summed E-state index contributed by atoms with van der Waals surface area (Å²) in [4.78, 5) is 0. The normalized spacial score (nSPS) is 17.2. The third kappa shape index (κ3) is 2.46. The van der Waals surface area contributed by atoms with Gasteiger partial charge in [0.25, 0.3) is 0 Å². The van der Waals surface area contributed by atoms with E-state index in [2.05, 4.69) is 51.2 Å². The van der Waals surface area contributed by atoms with Crippen LogP contribution in [0.1, 0.15) is 37.5 Å². The molecule has 0 radical (unpaired) electrons. The van der Waals surface area contributed by atoms with Crippen LogP contribution in [0.3, 0.4) is 0 Å². The molecular weight excluding hydrogens is 194 g/mol. The number of hydrogen-bond acceptors (Lipinski definition) is 1. The Kier molecular flexibility index (Phi) is 3.07. The largest absolute Gasteiger partial charge is 0.316 e. The molecule has 16 heavy (non-hydrogen) atoms. The summed E-state index contributed by atoms with van der Waals surface area (Å²) >= 11 is 0. The van der Waals surface area contributed by atoms with Crippen LogP contribution in [-0.4, -0.2) is 13.1 Å². The standard InChI is InChI=1S/C15H23N/c1-11-5-6-13(8-12-9-16-10-12)14(7-11)15(2,3)4/h5-7,12,16H,8-10H2,1-4H3. The molecule has 0 unspecified atom stereocenters.